The van der Waals surface area contributed by atoms with Crippen LogP contribution >= 0.6 is 0 Å². The molecule has 0 aromatic rings. The molecular formula is C14H26O10. The molecule has 2 heterocycles. The third-order valence-corrected chi connectivity index (χ3v) is 4.06. The Balaban J connectivity index is 2.08. The fourth-order valence-electron chi connectivity index (χ4n) is 2.62. The van der Waals surface area contributed by atoms with Gasteiger partial charge in [0.05, 0.1) is 13.2 Å². The van der Waals surface area contributed by atoms with Gasteiger partial charge in [-0.25, -0.2) is 0 Å². The van der Waals surface area contributed by atoms with Crippen LogP contribution < -0.4 is 0 Å². The summed E-state index contributed by atoms with van der Waals surface area (Å²) < 4.78 is 21.4. The molecule has 2 aliphatic rings. The van der Waals surface area contributed by atoms with Gasteiger partial charge in [0, 0.05) is 6.61 Å². The Kier molecular flexibility index (Phi) is 7.31. The largest absolute Gasteiger partial charge is 0.394 e. The first-order chi connectivity index (χ1) is 11.4. The van der Waals surface area contributed by atoms with Crippen molar-refractivity contribution >= 4 is 0 Å². The summed E-state index contributed by atoms with van der Waals surface area (Å²) in [5.41, 5.74) is 0. The number of aliphatic hydroxyl groups excluding tert-OH is 6. The van der Waals surface area contributed by atoms with Crippen molar-refractivity contribution < 1.29 is 49.6 Å². The van der Waals surface area contributed by atoms with E-state index in [1.54, 1.807) is 0 Å². The van der Waals surface area contributed by atoms with E-state index < -0.39 is 61.9 Å². The van der Waals surface area contributed by atoms with Gasteiger partial charge in [0.25, 0.3) is 0 Å². The minimum atomic E-state index is -1.56. The van der Waals surface area contributed by atoms with Crippen LogP contribution in [0.25, 0.3) is 0 Å². The Morgan fingerprint density at radius 1 is 0.958 bits per heavy atom. The van der Waals surface area contributed by atoms with Crippen molar-refractivity contribution in [2.75, 3.05) is 19.8 Å². The summed E-state index contributed by atoms with van der Waals surface area (Å²) in [5.74, 6) is 0. The molecule has 6 N–H and O–H groups in total. The van der Waals surface area contributed by atoms with E-state index in [2.05, 4.69) is 0 Å². The summed E-state index contributed by atoms with van der Waals surface area (Å²) in [6.07, 6.45) is -11.3. The Bertz CT molecular complexity index is 383. The van der Waals surface area contributed by atoms with Crippen molar-refractivity contribution in [2.24, 2.45) is 0 Å². The summed E-state index contributed by atoms with van der Waals surface area (Å²) >= 11 is 0. The van der Waals surface area contributed by atoms with Gasteiger partial charge in [0.15, 0.2) is 12.6 Å². The molecule has 2 fully saturated rings. The molecule has 142 valence electrons. The molecule has 9 atom stereocenters. The average molecular weight is 354 g/mol. The lowest BCUT2D eigenvalue weighted by atomic mass is 9.98. The molecule has 0 aliphatic carbocycles. The van der Waals surface area contributed by atoms with E-state index in [4.69, 9.17) is 18.9 Å². The third kappa shape index (κ3) is 4.22. The minimum Gasteiger partial charge on any atom is -0.394 e. The van der Waals surface area contributed by atoms with E-state index in [-0.39, 0.29) is 13.2 Å². The molecule has 0 aromatic heterocycles. The van der Waals surface area contributed by atoms with Crippen LogP contribution in [0.15, 0.2) is 0 Å². The Morgan fingerprint density at radius 3 is 2.29 bits per heavy atom. The predicted octanol–water partition coefficient (Wildman–Crippen LogP) is -3.32. The Morgan fingerprint density at radius 2 is 1.67 bits per heavy atom. The molecule has 10 heteroatoms. The topological polar surface area (TPSA) is 158 Å². The highest BCUT2D eigenvalue weighted by Crippen LogP contribution is 2.28. The molecule has 0 saturated carbocycles. The molecule has 2 aliphatic heterocycles. The summed E-state index contributed by atoms with van der Waals surface area (Å²) in [6, 6.07) is 0. The van der Waals surface area contributed by atoms with E-state index in [1.807, 2.05) is 6.92 Å². The lowest BCUT2D eigenvalue weighted by Crippen LogP contribution is -2.63. The SMILES string of the molecule is CCCO[C@@H]1O[C@H](CO)[C@@H](O)[C@H](O)[C@H]1O[C@@H]1OC[C@@H](O)[C@H](O)[C@H]1O. The second-order valence-corrected chi connectivity index (χ2v) is 5.93. The summed E-state index contributed by atoms with van der Waals surface area (Å²) in [6.45, 7) is 1.35. The first-order valence-electron chi connectivity index (χ1n) is 7.96. The van der Waals surface area contributed by atoms with E-state index in [1.165, 1.54) is 0 Å². The van der Waals surface area contributed by atoms with E-state index in [0.29, 0.717) is 6.42 Å². The van der Waals surface area contributed by atoms with Gasteiger partial charge in [-0.05, 0) is 6.42 Å². The highest BCUT2D eigenvalue weighted by molar-refractivity contribution is 4.92. The number of ether oxygens (including phenoxy) is 4. The number of aliphatic hydroxyl groups is 6. The van der Waals surface area contributed by atoms with Crippen LogP contribution in [0, 0.1) is 0 Å². The first-order valence-corrected chi connectivity index (χ1v) is 7.96. The van der Waals surface area contributed by atoms with Crippen LogP contribution in [-0.2, 0) is 18.9 Å². The van der Waals surface area contributed by atoms with E-state index in [0.717, 1.165) is 0 Å². The number of hydrogen-bond donors (Lipinski definition) is 6. The molecule has 0 aromatic carbocycles. The van der Waals surface area contributed by atoms with Crippen LogP contribution in [0.1, 0.15) is 13.3 Å². The van der Waals surface area contributed by atoms with E-state index in [9.17, 15) is 30.6 Å². The van der Waals surface area contributed by atoms with Crippen LogP contribution in [0.3, 0.4) is 0 Å². The van der Waals surface area contributed by atoms with Crippen LogP contribution in [0.4, 0.5) is 0 Å². The Labute approximate surface area is 139 Å². The molecule has 0 amide bonds. The van der Waals surface area contributed by atoms with Crippen molar-refractivity contribution in [3.63, 3.8) is 0 Å². The van der Waals surface area contributed by atoms with Gasteiger partial charge < -0.3 is 49.6 Å². The normalized spacial score (nSPS) is 46.9. The highest BCUT2D eigenvalue weighted by Gasteiger charge is 2.49. The average Bonchev–Trinajstić information content (AvgIpc) is 2.58. The molecule has 0 spiro atoms. The van der Waals surface area contributed by atoms with Crippen LogP contribution in [0.5, 0.6) is 0 Å². The fraction of sp³-hybridized carbons (Fsp3) is 1.00. The molecule has 2 rings (SSSR count). The summed E-state index contributed by atoms with van der Waals surface area (Å²) in [5, 5.41) is 58.5. The van der Waals surface area contributed by atoms with Crippen molar-refractivity contribution in [1.82, 2.24) is 0 Å². The molecular weight excluding hydrogens is 328 g/mol. The number of rotatable bonds is 6. The van der Waals surface area contributed by atoms with E-state index >= 15 is 0 Å². The summed E-state index contributed by atoms with van der Waals surface area (Å²) in [4.78, 5) is 0. The zero-order chi connectivity index (χ0) is 17.9. The fourth-order valence-corrected chi connectivity index (χ4v) is 2.62. The van der Waals surface area contributed by atoms with Crippen molar-refractivity contribution in [1.29, 1.82) is 0 Å². The molecule has 0 bridgehead atoms. The lowest BCUT2D eigenvalue weighted by Gasteiger charge is -2.44. The second-order valence-electron chi connectivity index (χ2n) is 5.93. The van der Waals surface area contributed by atoms with Gasteiger partial charge in [-0.3, -0.25) is 0 Å². The maximum Gasteiger partial charge on any atom is 0.187 e. The van der Waals surface area contributed by atoms with Gasteiger partial charge >= 0.3 is 0 Å². The predicted molar refractivity (Wildman–Crippen MR) is 76.6 cm³/mol. The zero-order valence-electron chi connectivity index (χ0n) is 13.3. The first kappa shape index (κ1) is 19.9. The maximum atomic E-state index is 10.2. The third-order valence-electron chi connectivity index (χ3n) is 4.06. The van der Waals surface area contributed by atoms with Gasteiger partial charge in [-0.15, -0.1) is 0 Å². The highest BCUT2D eigenvalue weighted by atomic mass is 16.7. The van der Waals surface area contributed by atoms with Gasteiger partial charge in [-0.1, -0.05) is 6.92 Å². The Hall–Kier alpha value is -0.400. The maximum absolute atomic E-state index is 10.2. The van der Waals surface area contributed by atoms with Crippen LogP contribution in [-0.4, -0.2) is 106 Å². The van der Waals surface area contributed by atoms with Crippen molar-refractivity contribution in [3.05, 3.63) is 0 Å². The molecule has 2 saturated heterocycles. The molecule has 0 radical (unpaired) electrons. The second kappa shape index (κ2) is 8.81. The monoisotopic (exact) mass is 354 g/mol. The smallest absolute Gasteiger partial charge is 0.187 e. The lowest BCUT2D eigenvalue weighted by molar-refractivity contribution is -0.356. The quantitative estimate of drug-likeness (QED) is 0.285. The molecule has 0 unspecified atom stereocenters. The molecule has 10 nitrogen and oxygen atoms in total. The minimum absolute atomic E-state index is 0.269. The van der Waals surface area contributed by atoms with Gasteiger partial charge in [-0.2, -0.15) is 0 Å². The molecule has 24 heavy (non-hydrogen) atoms. The van der Waals surface area contributed by atoms with Crippen molar-refractivity contribution in [3.8, 4) is 0 Å². The zero-order valence-corrected chi connectivity index (χ0v) is 13.3. The standard InChI is InChI=1S/C14H26O10/c1-2-3-21-14-12(10(19)9(18)7(4-15)23-14)24-13-11(20)8(17)6(16)5-22-13/h6-20H,2-5H2,1H3/t6-,7-,8+,9-,10+,11-,12-,13+,14-/m1/s1. The van der Waals surface area contributed by atoms with Gasteiger partial charge in [0.2, 0.25) is 0 Å². The van der Waals surface area contributed by atoms with Crippen LogP contribution in [0.2, 0.25) is 0 Å². The summed E-state index contributed by atoms with van der Waals surface area (Å²) in [7, 11) is 0. The van der Waals surface area contributed by atoms with Crippen molar-refractivity contribution in [2.45, 2.75) is 68.7 Å². The van der Waals surface area contributed by atoms with Gasteiger partial charge in [0.1, 0.15) is 42.7 Å². The number of hydrogen-bond acceptors (Lipinski definition) is 10.